The van der Waals surface area contributed by atoms with Crippen LogP contribution in [0.15, 0.2) is 28.8 Å². The Morgan fingerprint density at radius 2 is 1.85 bits per heavy atom. The summed E-state index contributed by atoms with van der Waals surface area (Å²) < 4.78 is 5.47. The number of piperazine rings is 1. The highest BCUT2D eigenvalue weighted by Crippen LogP contribution is 2.22. The lowest BCUT2D eigenvalue weighted by atomic mass is 10.2. The first-order valence-electron chi connectivity index (χ1n) is 9.33. The molecule has 0 amide bonds. The summed E-state index contributed by atoms with van der Waals surface area (Å²) in [5, 5.41) is 4.09. The molecule has 138 valence electrons. The van der Waals surface area contributed by atoms with Gasteiger partial charge in [-0.2, -0.15) is 4.98 Å². The standard InChI is InChI=1S/C19H26N6O/c1-13(2)18-22-19(26-23-18)14(3)25-10-8-24(9-11-25)12-17-20-15-6-4-5-7-16(15)21-17/h4-7,13-14H,8-12H2,1-3H3,(H,20,21)/t14-/m1/s1. The van der Waals surface area contributed by atoms with E-state index in [1.165, 1.54) is 0 Å². The monoisotopic (exact) mass is 354 g/mol. The van der Waals surface area contributed by atoms with Crippen LogP contribution in [-0.2, 0) is 6.54 Å². The number of para-hydroxylation sites is 2. The summed E-state index contributed by atoms with van der Waals surface area (Å²) in [7, 11) is 0. The molecular weight excluding hydrogens is 328 g/mol. The first kappa shape index (κ1) is 17.2. The fourth-order valence-electron chi connectivity index (χ4n) is 3.41. The molecule has 1 aromatic carbocycles. The molecule has 0 bridgehead atoms. The quantitative estimate of drug-likeness (QED) is 0.759. The zero-order valence-corrected chi connectivity index (χ0v) is 15.6. The second-order valence-electron chi connectivity index (χ2n) is 7.33. The molecular formula is C19H26N6O. The first-order valence-corrected chi connectivity index (χ1v) is 9.33. The molecule has 1 aliphatic heterocycles. The van der Waals surface area contributed by atoms with Crippen molar-refractivity contribution in [3.63, 3.8) is 0 Å². The molecule has 26 heavy (non-hydrogen) atoms. The minimum atomic E-state index is 0.156. The van der Waals surface area contributed by atoms with Gasteiger partial charge in [0.15, 0.2) is 5.82 Å². The number of aromatic amines is 1. The maximum Gasteiger partial charge on any atom is 0.243 e. The van der Waals surface area contributed by atoms with E-state index in [0.29, 0.717) is 5.92 Å². The van der Waals surface area contributed by atoms with Crippen molar-refractivity contribution in [1.82, 2.24) is 29.9 Å². The fourth-order valence-corrected chi connectivity index (χ4v) is 3.41. The predicted molar refractivity (Wildman–Crippen MR) is 99.7 cm³/mol. The number of H-pyrrole nitrogens is 1. The van der Waals surface area contributed by atoms with E-state index >= 15 is 0 Å². The van der Waals surface area contributed by atoms with Crippen LogP contribution in [0.3, 0.4) is 0 Å². The number of hydrogen-bond acceptors (Lipinski definition) is 6. The number of fused-ring (bicyclic) bond motifs is 1. The topological polar surface area (TPSA) is 74.1 Å². The molecule has 0 unspecified atom stereocenters. The van der Waals surface area contributed by atoms with Crippen LogP contribution in [0.25, 0.3) is 11.0 Å². The van der Waals surface area contributed by atoms with Gasteiger partial charge >= 0.3 is 0 Å². The van der Waals surface area contributed by atoms with Crippen molar-refractivity contribution in [3.8, 4) is 0 Å². The van der Waals surface area contributed by atoms with Crippen LogP contribution in [0.1, 0.15) is 50.3 Å². The third-order valence-electron chi connectivity index (χ3n) is 5.10. The third kappa shape index (κ3) is 3.50. The summed E-state index contributed by atoms with van der Waals surface area (Å²) in [5.74, 6) is 2.83. The summed E-state index contributed by atoms with van der Waals surface area (Å²) >= 11 is 0. The van der Waals surface area contributed by atoms with Crippen LogP contribution in [0, 0.1) is 0 Å². The second kappa shape index (κ2) is 7.17. The van der Waals surface area contributed by atoms with Crippen molar-refractivity contribution >= 4 is 11.0 Å². The van der Waals surface area contributed by atoms with E-state index in [2.05, 4.69) is 56.7 Å². The highest BCUT2D eigenvalue weighted by Gasteiger charge is 2.26. The minimum absolute atomic E-state index is 0.156. The molecule has 0 spiro atoms. The lowest BCUT2D eigenvalue weighted by Gasteiger charge is -2.36. The normalized spacial score (nSPS) is 18.0. The molecule has 1 atom stereocenters. The zero-order valence-electron chi connectivity index (χ0n) is 15.6. The van der Waals surface area contributed by atoms with Gasteiger partial charge in [0.05, 0.1) is 23.6 Å². The van der Waals surface area contributed by atoms with Gasteiger partial charge < -0.3 is 9.51 Å². The summed E-state index contributed by atoms with van der Waals surface area (Å²) in [5.41, 5.74) is 2.14. The Morgan fingerprint density at radius 3 is 2.54 bits per heavy atom. The number of benzene rings is 1. The smallest absolute Gasteiger partial charge is 0.243 e. The Balaban J connectivity index is 1.34. The summed E-state index contributed by atoms with van der Waals surface area (Å²) in [6.07, 6.45) is 0. The van der Waals surface area contributed by atoms with Gasteiger partial charge in [0.1, 0.15) is 5.82 Å². The molecule has 0 radical (unpaired) electrons. The van der Waals surface area contributed by atoms with Crippen molar-refractivity contribution in [2.75, 3.05) is 26.2 Å². The van der Waals surface area contributed by atoms with Gasteiger partial charge in [-0.05, 0) is 19.1 Å². The Bertz CT molecular complexity index is 829. The molecule has 0 saturated carbocycles. The van der Waals surface area contributed by atoms with E-state index in [1.807, 2.05) is 18.2 Å². The van der Waals surface area contributed by atoms with Crippen molar-refractivity contribution < 1.29 is 4.52 Å². The average Bonchev–Trinajstić information content (AvgIpc) is 3.28. The number of hydrogen-bond donors (Lipinski definition) is 1. The lowest BCUT2D eigenvalue weighted by molar-refractivity contribution is 0.0833. The SMILES string of the molecule is CC(C)c1noc([C@@H](C)N2CCN(Cc3nc4ccccc4[nH]3)CC2)n1. The molecule has 7 heteroatoms. The zero-order chi connectivity index (χ0) is 18.1. The van der Waals surface area contributed by atoms with Gasteiger partial charge in [0.2, 0.25) is 5.89 Å². The van der Waals surface area contributed by atoms with E-state index in [1.54, 1.807) is 0 Å². The minimum Gasteiger partial charge on any atom is -0.341 e. The van der Waals surface area contributed by atoms with E-state index < -0.39 is 0 Å². The summed E-state index contributed by atoms with van der Waals surface area (Å²) in [4.78, 5) is 17.5. The molecule has 3 heterocycles. The fraction of sp³-hybridized carbons (Fsp3) is 0.526. The molecule has 1 aliphatic rings. The maximum absolute atomic E-state index is 5.47. The van der Waals surface area contributed by atoms with E-state index in [9.17, 15) is 0 Å². The average molecular weight is 354 g/mol. The number of nitrogens with zero attached hydrogens (tertiary/aromatic N) is 5. The Hall–Kier alpha value is -2.25. The van der Waals surface area contributed by atoms with Gasteiger partial charge in [-0.15, -0.1) is 0 Å². The van der Waals surface area contributed by atoms with Crippen molar-refractivity contribution in [1.29, 1.82) is 0 Å². The number of nitrogens with one attached hydrogen (secondary N) is 1. The second-order valence-corrected chi connectivity index (χ2v) is 7.33. The molecule has 4 rings (SSSR count). The third-order valence-corrected chi connectivity index (χ3v) is 5.10. The molecule has 0 aliphatic carbocycles. The van der Waals surface area contributed by atoms with Crippen molar-refractivity contribution in [2.24, 2.45) is 0 Å². The van der Waals surface area contributed by atoms with Gasteiger partial charge in [-0.25, -0.2) is 4.98 Å². The van der Waals surface area contributed by atoms with Crippen LogP contribution in [0.5, 0.6) is 0 Å². The molecule has 2 aromatic heterocycles. The predicted octanol–water partition coefficient (Wildman–Crippen LogP) is 2.95. The summed E-state index contributed by atoms with van der Waals surface area (Å²) in [6, 6.07) is 8.33. The van der Waals surface area contributed by atoms with E-state index in [0.717, 1.165) is 61.3 Å². The molecule has 1 fully saturated rings. The highest BCUT2D eigenvalue weighted by atomic mass is 16.5. The first-order chi connectivity index (χ1) is 12.6. The Labute approximate surface area is 153 Å². The highest BCUT2D eigenvalue weighted by molar-refractivity contribution is 5.74. The van der Waals surface area contributed by atoms with Crippen molar-refractivity contribution in [2.45, 2.75) is 39.3 Å². The van der Waals surface area contributed by atoms with Crippen molar-refractivity contribution in [3.05, 3.63) is 41.8 Å². The lowest BCUT2D eigenvalue weighted by Crippen LogP contribution is -2.46. The number of aromatic nitrogens is 4. The number of imidazole rings is 1. The van der Waals surface area contributed by atoms with Gasteiger partial charge in [-0.3, -0.25) is 9.80 Å². The molecule has 7 nitrogen and oxygen atoms in total. The Morgan fingerprint density at radius 1 is 1.08 bits per heavy atom. The van der Waals surface area contributed by atoms with Crippen LogP contribution in [-0.4, -0.2) is 56.1 Å². The van der Waals surface area contributed by atoms with Crippen LogP contribution >= 0.6 is 0 Å². The van der Waals surface area contributed by atoms with E-state index in [4.69, 9.17) is 4.52 Å². The van der Waals surface area contributed by atoms with E-state index in [-0.39, 0.29) is 6.04 Å². The summed E-state index contributed by atoms with van der Waals surface area (Å²) in [6.45, 7) is 11.1. The maximum atomic E-state index is 5.47. The largest absolute Gasteiger partial charge is 0.341 e. The Kier molecular flexibility index (Phi) is 4.74. The van der Waals surface area contributed by atoms with Crippen LogP contribution in [0.4, 0.5) is 0 Å². The molecule has 1 saturated heterocycles. The molecule has 3 aromatic rings. The van der Waals surface area contributed by atoms with Crippen LogP contribution < -0.4 is 0 Å². The molecule has 1 N–H and O–H groups in total. The van der Waals surface area contributed by atoms with Gasteiger partial charge in [0.25, 0.3) is 0 Å². The van der Waals surface area contributed by atoms with Crippen LogP contribution in [0.2, 0.25) is 0 Å². The van der Waals surface area contributed by atoms with Gasteiger partial charge in [0, 0.05) is 32.1 Å². The number of rotatable bonds is 5. The van der Waals surface area contributed by atoms with Gasteiger partial charge in [-0.1, -0.05) is 31.1 Å².